The minimum absolute atomic E-state index is 0.213. The molecule has 0 bridgehead atoms. The number of nitrogens with one attached hydrogen (secondary N) is 1. The Bertz CT molecular complexity index is 1870. The largest absolute Gasteiger partial charge is 0.633 e. The molecule has 0 spiro atoms. The first-order valence-electron chi connectivity index (χ1n) is 15.8. The number of amides is 1. The normalized spacial score (nSPS) is 17.5. The fourth-order valence-corrected chi connectivity index (χ4v) is 7.03. The summed E-state index contributed by atoms with van der Waals surface area (Å²) in [6.07, 6.45) is 7.43. The lowest BCUT2D eigenvalue weighted by Gasteiger charge is -2.45. The number of nitrogens with zero attached hydrogens (tertiary/aromatic N) is 6. The topological polar surface area (TPSA) is 119 Å². The summed E-state index contributed by atoms with van der Waals surface area (Å²) in [5, 5.41) is 25.9. The maximum absolute atomic E-state index is 15.3. The van der Waals surface area contributed by atoms with Crippen molar-refractivity contribution in [3.8, 4) is 11.1 Å². The zero-order valence-electron chi connectivity index (χ0n) is 26.1. The van der Waals surface area contributed by atoms with Crippen molar-refractivity contribution in [3.05, 3.63) is 92.7 Å². The van der Waals surface area contributed by atoms with E-state index in [0.717, 1.165) is 31.4 Å². The number of piperazine rings is 1. The number of aryl methyl sites for hydroxylation is 2. The van der Waals surface area contributed by atoms with Crippen molar-refractivity contribution in [3.63, 3.8) is 0 Å². The molecule has 12 heteroatoms. The van der Waals surface area contributed by atoms with Gasteiger partial charge in [0.15, 0.2) is 0 Å². The molecular weight excluding hydrogens is 589 g/mol. The van der Waals surface area contributed by atoms with E-state index >= 15 is 4.39 Å². The molecule has 2 N–H and O–H groups in total. The maximum Gasteiger partial charge on any atom is 0.274 e. The van der Waals surface area contributed by atoms with E-state index in [-0.39, 0.29) is 21.8 Å². The predicted octanol–water partition coefficient (Wildman–Crippen LogP) is 3.93. The number of quaternary nitrogens is 1. The molecule has 1 aliphatic carbocycles. The fourth-order valence-electron chi connectivity index (χ4n) is 7.03. The Morgan fingerprint density at radius 1 is 1.04 bits per heavy atom. The minimum atomic E-state index is -0.551. The van der Waals surface area contributed by atoms with Gasteiger partial charge in [0.05, 0.1) is 57.4 Å². The average molecular weight is 628 g/mol. The molecule has 1 saturated heterocycles. The number of hydrogen-bond donors (Lipinski definition) is 2. The minimum Gasteiger partial charge on any atom is -0.633 e. The summed E-state index contributed by atoms with van der Waals surface area (Å²) in [6, 6.07) is 9.89. The average Bonchev–Trinajstić information content (AvgIpc) is 3.43. The number of pyridine rings is 2. The number of aliphatic hydroxyl groups is 1. The second-order valence-electron chi connectivity index (χ2n) is 12.7. The maximum atomic E-state index is 15.3. The highest BCUT2D eigenvalue weighted by atomic mass is 19.1. The summed E-state index contributed by atoms with van der Waals surface area (Å²) >= 11 is 0. The first-order valence-corrected chi connectivity index (χ1v) is 15.8. The van der Waals surface area contributed by atoms with Crippen LogP contribution in [0.1, 0.15) is 40.2 Å². The summed E-state index contributed by atoms with van der Waals surface area (Å²) in [5.74, 6) is -0.314. The Balaban J connectivity index is 1.19. The Morgan fingerprint density at radius 3 is 2.57 bits per heavy atom. The number of carbonyl (C=O) groups is 1. The third kappa shape index (κ3) is 5.46. The van der Waals surface area contributed by atoms with E-state index in [2.05, 4.69) is 19.8 Å². The molecule has 0 unspecified atom stereocenters. The number of halogens is 1. The quantitative estimate of drug-likeness (QED) is 0.246. The van der Waals surface area contributed by atoms with Crippen LogP contribution in [0.4, 0.5) is 27.3 Å². The van der Waals surface area contributed by atoms with Gasteiger partial charge in [-0.1, -0.05) is 0 Å². The van der Waals surface area contributed by atoms with Crippen molar-refractivity contribution in [2.45, 2.75) is 38.8 Å². The number of fused-ring (bicyclic) bond motifs is 3. The Hall–Kier alpha value is -4.52. The lowest BCUT2D eigenvalue weighted by atomic mass is 9.97. The third-order valence-corrected chi connectivity index (χ3v) is 9.62. The summed E-state index contributed by atoms with van der Waals surface area (Å²) in [5.41, 5.74) is 5.47. The van der Waals surface area contributed by atoms with Gasteiger partial charge in [-0.25, -0.2) is 9.37 Å². The van der Waals surface area contributed by atoms with E-state index in [0.29, 0.717) is 73.2 Å². The first-order chi connectivity index (χ1) is 22.1. The number of anilines is 4. The Kier molecular flexibility index (Phi) is 7.66. The van der Waals surface area contributed by atoms with E-state index in [1.54, 1.807) is 43.5 Å². The number of likely N-dealkylation sites (N-methyl/N-ethyl adjacent to an activating group) is 1. The molecule has 7 rings (SSSR count). The number of aliphatic hydroxyl groups excluding tert-OH is 1. The smallest absolute Gasteiger partial charge is 0.274 e. The zero-order chi connectivity index (χ0) is 32.2. The van der Waals surface area contributed by atoms with Crippen molar-refractivity contribution in [2.75, 3.05) is 54.9 Å². The molecule has 0 atom stereocenters. The van der Waals surface area contributed by atoms with Gasteiger partial charge in [0.1, 0.15) is 23.0 Å². The third-order valence-electron chi connectivity index (χ3n) is 9.62. The molecular formula is C34H38FN7O4. The predicted molar refractivity (Wildman–Crippen MR) is 175 cm³/mol. The van der Waals surface area contributed by atoms with Gasteiger partial charge in [-0.3, -0.25) is 9.59 Å². The molecule has 2 aliphatic heterocycles. The van der Waals surface area contributed by atoms with Gasteiger partial charge >= 0.3 is 0 Å². The van der Waals surface area contributed by atoms with Crippen LogP contribution < -0.4 is 20.7 Å². The first kappa shape index (κ1) is 30.2. The van der Waals surface area contributed by atoms with Crippen molar-refractivity contribution >= 4 is 28.8 Å². The summed E-state index contributed by atoms with van der Waals surface area (Å²) in [7, 11) is 3.29. The van der Waals surface area contributed by atoms with Crippen molar-refractivity contribution in [1.82, 2.24) is 14.1 Å². The van der Waals surface area contributed by atoms with Crippen molar-refractivity contribution in [1.29, 1.82) is 0 Å². The van der Waals surface area contributed by atoms with E-state index in [4.69, 9.17) is 0 Å². The van der Waals surface area contributed by atoms with Crippen LogP contribution in [0.3, 0.4) is 0 Å². The number of hydrogen-bond acceptors (Lipinski definition) is 7. The van der Waals surface area contributed by atoms with Crippen LogP contribution in [0.2, 0.25) is 0 Å². The lowest BCUT2D eigenvalue weighted by Crippen LogP contribution is -2.53. The lowest BCUT2D eigenvalue weighted by molar-refractivity contribution is -0.861. The molecule has 0 radical (unpaired) electrons. The number of benzene rings is 1. The van der Waals surface area contributed by atoms with Gasteiger partial charge in [0.2, 0.25) is 0 Å². The van der Waals surface area contributed by atoms with Crippen molar-refractivity contribution in [2.24, 2.45) is 7.05 Å². The van der Waals surface area contributed by atoms with Gasteiger partial charge in [-0.05, 0) is 73.2 Å². The van der Waals surface area contributed by atoms with Crippen LogP contribution in [0.5, 0.6) is 0 Å². The standard InChI is InChI=1S/C34H38FN7O4/c1-38-20-23(15-28(33(38)44)37-32-8-7-25(19-36-32)39-11-13-42(2,46)14-12-39)26-17-24(35)18-30(27(26)21-43)41-10-9-40-29-6-4-3-5-22(29)16-31(40)34(41)45/h7-8,15-20,43H,3-6,9-14,21H2,1-2H3,(H,36,37). The molecule has 5 heterocycles. The molecule has 11 nitrogen and oxygen atoms in total. The van der Waals surface area contributed by atoms with E-state index < -0.39 is 12.4 Å². The second kappa shape index (κ2) is 11.7. The van der Waals surface area contributed by atoms with Crippen LogP contribution in [0, 0.1) is 11.0 Å². The van der Waals surface area contributed by atoms with Gasteiger partial charge in [-0.15, -0.1) is 0 Å². The Labute approximate surface area is 266 Å². The van der Waals surface area contributed by atoms with E-state index in [1.165, 1.54) is 28.0 Å². The highest BCUT2D eigenvalue weighted by molar-refractivity contribution is 6.07. The van der Waals surface area contributed by atoms with E-state index in [9.17, 15) is 19.9 Å². The van der Waals surface area contributed by atoms with Gasteiger partial charge in [0, 0.05) is 43.2 Å². The van der Waals surface area contributed by atoms with Crippen LogP contribution in [-0.2, 0) is 33.0 Å². The molecule has 3 aromatic heterocycles. The molecule has 46 heavy (non-hydrogen) atoms. The monoisotopic (exact) mass is 627 g/mol. The molecule has 4 aromatic rings. The second-order valence-corrected chi connectivity index (χ2v) is 12.7. The summed E-state index contributed by atoms with van der Waals surface area (Å²) < 4.78 is 18.6. The molecule has 0 saturated carbocycles. The van der Waals surface area contributed by atoms with E-state index in [1.807, 2.05) is 12.1 Å². The number of rotatable bonds is 6. The van der Waals surface area contributed by atoms with Gasteiger partial charge < -0.3 is 39.2 Å². The number of carbonyl (C=O) groups excluding carboxylic acids is 1. The Morgan fingerprint density at radius 2 is 1.83 bits per heavy atom. The molecule has 1 fully saturated rings. The van der Waals surface area contributed by atoms with Gasteiger partial charge in [0.25, 0.3) is 11.5 Å². The number of hydroxylamine groups is 3. The zero-order valence-corrected chi connectivity index (χ0v) is 26.1. The van der Waals surface area contributed by atoms with Gasteiger partial charge in [-0.2, -0.15) is 0 Å². The molecule has 3 aliphatic rings. The SMILES string of the molecule is Cn1cc(-c2cc(F)cc(N3CCn4c(cc5c4CCCC5)C3=O)c2CO)cc(Nc2ccc(N3CC[N+](C)([O-])CC3)cn2)c1=O. The van der Waals surface area contributed by atoms with Crippen LogP contribution in [0.25, 0.3) is 11.1 Å². The highest BCUT2D eigenvalue weighted by Crippen LogP contribution is 2.37. The summed E-state index contributed by atoms with van der Waals surface area (Å²) in [4.78, 5) is 35.1. The van der Waals surface area contributed by atoms with Crippen LogP contribution in [-0.4, -0.2) is 69.5 Å². The number of aromatic nitrogens is 3. The van der Waals surface area contributed by atoms with Crippen LogP contribution in [0.15, 0.2) is 53.6 Å². The van der Waals surface area contributed by atoms with Crippen molar-refractivity contribution < 1.29 is 18.9 Å². The van der Waals surface area contributed by atoms with Crippen LogP contribution >= 0.6 is 0 Å². The summed E-state index contributed by atoms with van der Waals surface area (Å²) in [6.45, 7) is 2.81. The molecule has 1 amide bonds. The molecule has 1 aromatic carbocycles. The molecule has 240 valence electrons. The highest BCUT2D eigenvalue weighted by Gasteiger charge is 2.32. The fraction of sp³-hybridized carbons (Fsp3) is 0.382.